The van der Waals surface area contributed by atoms with Crippen LogP contribution in [-0.4, -0.2) is 0 Å². The molecule has 12 heavy (non-hydrogen) atoms. The van der Waals surface area contributed by atoms with E-state index in [2.05, 4.69) is 42.2 Å². The van der Waals surface area contributed by atoms with E-state index in [0.717, 1.165) is 13.1 Å². The molecule has 2 rings (SSSR count). The van der Waals surface area contributed by atoms with Crippen LogP contribution < -0.4 is 9.88 Å². The van der Waals surface area contributed by atoms with Gasteiger partial charge >= 0.3 is 0 Å². The summed E-state index contributed by atoms with van der Waals surface area (Å²) < 4.78 is 2.26. The summed E-state index contributed by atoms with van der Waals surface area (Å²) in [5, 5.41) is 3.34. The van der Waals surface area contributed by atoms with Gasteiger partial charge < -0.3 is 5.32 Å². The lowest BCUT2D eigenvalue weighted by Crippen LogP contribution is -2.35. The highest BCUT2D eigenvalue weighted by molar-refractivity contribution is 5.24. The smallest absolute Gasteiger partial charge is 0.173 e. The molecule has 0 atom stereocenters. The quantitative estimate of drug-likeness (QED) is 0.614. The molecule has 0 saturated carbocycles. The van der Waals surface area contributed by atoms with Crippen molar-refractivity contribution in [3.63, 3.8) is 0 Å². The third-order valence-corrected chi connectivity index (χ3v) is 2.39. The Bertz CT molecular complexity index is 292. The van der Waals surface area contributed by atoms with Gasteiger partial charge in [0.1, 0.15) is 0 Å². The first-order valence-electron chi connectivity index (χ1n) is 4.50. The fraction of sp³-hybridized carbons (Fsp3) is 0.500. The molecular formula is C10H15N2+. The van der Waals surface area contributed by atoms with Crippen LogP contribution in [0.15, 0.2) is 18.5 Å². The van der Waals surface area contributed by atoms with E-state index in [-0.39, 0.29) is 0 Å². The number of pyridine rings is 1. The van der Waals surface area contributed by atoms with E-state index in [1.54, 1.807) is 0 Å². The Morgan fingerprint density at radius 2 is 2.08 bits per heavy atom. The molecule has 0 aliphatic carbocycles. The van der Waals surface area contributed by atoms with E-state index < -0.39 is 0 Å². The zero-order chi connectivity index (χ0) is 8.55. The molecule has 0 bridgehead atoms. The molecule has 1 aliphatic heterocycles. The lowest BCUT2D eigenvalue weighted by Gasteiger charge is -2.01. The number of hydrogen-bond acceptors (Lipinski definition) is 1. The van der Waals surface area contributed by atoms with Crippen LogP contribution in [0.25, 0.3) is 0 Å². The van der Waals surface area contributed by atoms with E-state index in [0.29, 0.717) is 6.04 Å². The van der Waals surface area contributed by atoms with Crippen molar-refractivity contribution in [2.45, 2.75) is 33.0 Å². The van der Waals surface area contributed by atoms with Crippen molar-refractivity contribution in [2.24, 2.45) is 0 Å². The predicted molar refractivity (Wildman–Crippen MR) is 47.6 cm³/mol. The van der Waals surface area contributed by atoms with Gasteiger partial charge in [-0.2, -0.15) is 0 Å². The fourth-order valence-corrected chi connectivity index (χ4v) is 1.57. The summed E-state index contributed by atoms with van der Waals surface area (Å²) in [6, 6.07) is 2.78. The second-order valence-electron chi connectivity index (χ2n) is 3.64. The van der Waals surface area contributed by atoms with Gasteiger partial charge in [-0.15, -0.1) is 0 Å². The molecule has 2 nitrogen and oxygen atoms in total. The summed E-state index contributed by atoms with van der Waals surface area (Å²) in [7, 11) is 0. The summed E-state index contributed by atoms with van der Waals surface area (Å²) in [5.74, 6) is 0. The maximum Gasteiger partial charge on any atom is 0.173 e. The van der Waals surface area contributed by atoms with E-state index >= 15 is 0 Å². The highest BCUT2D eigenvalue weighted by Gasteiger charge is 2.15. The zero-order valence-corrected chi connectivity index (χ0v) is 7.67. The Morgan fingerprint density at radius 1 is 1.33 bits per heavy atom. The molecule has 2 heterocycles. The molecule has 0 aromatic carbocycles. The highest BCUT2D eigenvalue weighted by atomic mass is 15.0. The van der Waals surface area contributed by atoms with Crippen LogP contribution in [0.5, 0.6) is 0 Å². The number of rotatable bonds is 1. The first-order valence-corrected chi connectivity index (χ1v) is 4.50. The summed E-state index contributed by atoms with van der Waals surface area (Å²) in [4.78, 5) is 0. The van der Waals surface area contributed by atoms with Crippen LogP contribution in [0.2, 0.25) is 0 Å². The average Bonchev–Trinajstić information content (AvgIpc) is 2.49. The molecule has 0 unspecified atom stereocenters. The van der Waals surface area contributed by atoms with E-state index in [9.17, 15) is 0 Å². The topological polar surface area (TPSA) is 15.9 Å². The van der Waals surface area contributed by atoms with Gasteiger partial charge in [0.15, 0.2) is 18.4 Å². The van der Waals surface area contributed by atoms with Crippen molar-refractivity contribution in [2.75, 3.05) is 0 Å². The van der Waals surface area contributed by atoms with Gasteiger partial charge in [0, 0.05) is 24.7 Å². The minimum Gasteiger partial charge on any atom is -0.308 e. The molecule has 0 amide bonds. The lowest BCUT2D eigenvalue weighted by molar-refractivity contribution is -0.716. The van der Waals surface area contributed by atoms with E-state index in [1.165, 1.54) is 11.1 Å². The van der Waals surface area contributed by atoms with Crippen molar-refractivity contribution in [1.29, 1.82) is 0 Å². The molecule has 0 saturated heterocycles. The largest absolute Gasteiger partial charge is 0.308 e. The molecule has 0 fully saturated rings. The zero-order valence-electron chi connectivity index (χ0n) is 7.67. The SMILES string of the molecule is CC(C)[n+]1ccc2c(c1)CNC2. The first kappa shape index (κ1) is 7.74. The summed E-state index contributed by atoms with van der Waals surface area (Å²) in [6.45, 7) is 6.47. The Balaban J connectivity index is 2.39. The number of nitrogens with one attached hydrogen (secondary N) is 1. The van der Waals surface area contributed by atoms with E-state index in [4.69, 9.17) is 0 Å². The minimum atomic E-state index is 0.566. The third kappa shape index (κ3) is 1.23. The first-order chi connectivity index (χ1) is 5.77. The van der Waals surface area contributed by atoms with Crippen LogP contribution >= 0.6 is 0 Å². The maximum absolute atomic E-state index is 3.34. The van der Waals surface area contributed by atoms with Gasteiger partial charge in [0.25, 0.3) is 0 Å². The molecule has 1 aromatic rings. The van der Waals surface area contributed by atoms with Crippen LogP contribution in [0.4, 0.5) is 0 Å². The predicted octanol–water partition coefficient (Wildman–Crippen LogP) is 1.16. The Kier molecular flexibility index (Phi) is 1.85. The van der Waals surface area contributed by atoms with Gasteiger partial charge in [0.05, 0.1) is 0 Å². The Hall–Kier alpha value is -0.890. The second kappa shape index (κ2) is 2.87. The standard InChI is InChI=1S/C10H15N2/c1-8(2)12-4-3-9-5-11-6-10(9)7-12/h3-4,7-8,11H,5-6H2,1-2H3/q+1. The van der Waals surface area contributed by atoms with Gasteiger partial charge in [-0.05, 0) is 19.4 Å². The van der Waals surface area contributed by atoms with Crippen LogP contribution in [0, 0.1) is 0 Å². The van der Waals surface area contributed by atoms with Crippen LogP contribution in [0.1, 0.15) is 31.0 Å². The minimum absolute atomic E-state index is 0.566. The lowest BCUT2D eigenvalue weighted by atomic mass is 10.2. The normalized spacial score (nSPS) is 15.2. The van der Waals surface area contributed by atoms with Crippen molar-refractivity contribution < 1.29 is 4.57 Å². The van der Waals surface area contributed by atoms with Gasteiger partial charge in [0.2, 0.25) is 0 Å². The van der Waals surface area contributed by atoms with Gasteiger partial charge in [-0.1, -0.05) is 0 Å². The van der Waals surface area contributed by atoms with Gasteiger partial charge in [-0.3, -0.25) is 0 Å². The molecule has 1 aliphatic rings. The van der Waals surface area contributed by atoms with E-state index in [1.807, 2.05) is 0 Å². The van der Waals surface area contributed by atoms with Crippen molar-refractivity contribution in [1.82, 2.24) is 5.32 Å². The molecule has 1 aromatic heterocycles. The Morgan fingerprint density at radius 3 is 2.83 bits per heavy atom. The molecule has 2 heteroatoms. The fourth-order valence-electron chi connectivity index (χ4n) is 1.57. The van der Waals surface area contributed by atoms with Crippen LogP contribution in [-0.2, 0) is 13.1 Å². The number of aromatic nitrogens is 1. The highest BCUT2D eigenvalue weighted by Crippen LogP contribution is 2.12. The molecular weight excluding hydrogens is 148 g/mol. The van der Waals surface area contributed by atoms with Crippen molar-refractivity contribution in [3.05, 3.63) is 29.6 Å². The van der Waals surface area contributed by atoms with Crippen LogP contribution in [0.3, 0.4) is 0 Å². The molecule has 0 spiro atoms. The summed E-state index contributed by atoms with van der Waals surface area (Å²) in [5.41, 5.74) is 2.90. The van der Waals surface area contributed by atoms with Crippen molar-refractivity contribution in [3.8, 4) is 0 Å². The number of hydrogen-bond donors (Lipinski definition) is 1. The summed E-state index contributed by atoms with van der Waals surface area (Å²) >= 11 is 0. The maximum atomic E-state index is 3.34. The molecule has 0 radical (unpaired) electrons. The number of nitrogens with zero attached hydrogens (tertiary/aromatic N) is 1. The van der Waals surface area contributed by atoms with Gasteiger partial charge in [-0.25, -0.2) is 4.57 Å². The molecule has 64 valence electrons. The Labute approximate surface area is 73.2 Å². The second-order valence-corrected chi connectivity index (χ2v) is 3.64. The summed E-state index contributed by atoms with van der Waals surface area (Å²) in [6.07, 6.45) is 4.41. The number of fused-ring (bicyclic) bond motifs is 1. The van der Waals surface area contributed by atoms with Crippen molar-refractivity contribution >= 4 is 0 Å². The monoisotopic (exact) mass is 163 g/mol. The molecule has 1 N–H and O–H groups in total. The average molecular weight is 163 g/mol. The third-order valence-electron chi connectivity index (χ3n) is 2.39.